The topological polar surface area (TPSA) is 67.2 Å². The fraction of sp³-hybridized carbons (Fsp3) is 0.375. The Kier molecular flexibility index (Phi) is 3.72. The van der Waals surface area contributed by atoms with Gasteiger partial charge in [0.15, 0.2) is 0 Å². The van der Waals surface area contributed by atoms with E-state index in [2.05, 4.69) is 5.32 Å². The average Bonchev–Trinajstić information content (AvgIpc) is 2.56. The first-order chi connectivity index (χ1) is 6.22. The van der Waals surface area contributed by atoms with Gasteiger partial charge in [-0.15, -0.1) is 11.3 Å². The maximum atomic E-state index is 10.8. The van der Waals surface area contributed by atoms with Crippen LogP contribution in [0.3, 0.4) is 0 Å². The number of hydrazine groups is 1. The first-order valence-electron chi connectivity index (χ1n) is 4.02. The van der Waals surface area contributed by atoms with Gasteiger partial charge in [-0.2, -0.15) is 0 Å². The highest BCUT2D eigenvalue weighted by Gasteiger charge is 2.06. The van der Waals surface area contributed by atoms with Crippen molar-refractivity contribution in [1.82, 2.24) is 10.7 Å². The average molecular weight is 199 g/mol. The third-order valence-electron chi connectivity index (χ3n) is 1.60. The molecule has 0 aromatic carbocycles. The quantitative estimate of drug-likeness (QED) is 0.384. The Morgan fingerprint density at radius 2 is 2.54 bits per heavy atom. The zero-order valence-electron chi connectivity index (χ0n) is 7.41. The molecule has 2 amide bonds. The molecule has 5 heteroatoms. The van der Waals surface area contributed by atoms with Crippen LogP contribution in [0.25, 0.3) is 0 Å². The molecule has 1 atom stereocenters. The molecule has 0 fully saturated rings. The molecular weight excluding hydrogens is 186 g/mol. The Morgan fingerprint density at radius 3 is 3.08 bits per heavy atom. The Hall–Kier alpha value is -1.07. The number of carbonyl (C=O) groups is 1. The van der Waals surface area contributed by atoms with Crippen molar-refractivity contribution in [2.24, 2.45) is 5.84 Å². The van der Waals surface area contributed by atoms with Crippen molar-refractivity contribution in [1.29, 1.82) is 0 Å². The first kappa shape index (κ1) is 10.0. The van der Waals surface area contributed by atoms with Crippen LogP contribution in [0.4, 0.5) is 4.79 Å². The SMILES string of the molecule is CC(Cc1cccs1)NC(=O)NN. The summed E-state index contributed by atoms with van der Waals surface area (Å²) in [6.07, 6.45) is 0.838. The van der Waals surface area contributed by atoms with Crippen molar-refractivity contribution >= 4 is 17.4 Å². The van der Waals surface area contributed by atoms with E-state index in [4.69, 9.17) is 5.84 Å². The van der Waals surface area contributed by atoms with Crippen molar-refractivity contribution in [2.45, 2.75) is 19.4 Å². The third kappa shape index (κ3) is 3.43. The van der Waals surface area contributed by atoms with Crippen LogP contribution in [0.2, 0.25) is 0 Å². The second-order valence-corrected chi connectivity index (χ2v) is 3.83. The van der Waals surface area contributed by atoms with Gasteiger partial charge in [0.2, 0.25) is 0 Å². The Balaban J connectivity index is 2.33. The van der Waals surface area contributed by atoms with E-state index in [1.54, 1.807) is 11.3 Å². The highest BCUT2D eigenvalue weighted by atomic mass is 32.1. The van der Waals surface area contributed by atoms with E-state index < -0.39 is 0 Å². The molecule has 0 radical (unpaired) electrons. The number of nitrogens with two attached hydrogens (primary N) is 1. The predicted octanol–water partition coefficient (Wildman–Crippen LogP) is 0.852. The van der Waals surface area contributed by atoms with Gasteiger partial charge in [0, 0.05) is 17.3 Å². The standard InChI is InChI=1S/C8H13N3OS/c1-6(10-8(12)11-9)5-7-3-2-4-13-7/h2-4,6H,5,9H2,1H3,(H2,10,11,12). The lowest BCUT2D eigenvalue weighted by atomic mass is 10.2. The van der Waals surface area contributed by atoms with Crippen molar-refractivity contribution in [3.63, 3.8) is 0 Å². The largest absolute Gasteiger partial charge is 0.334 e. The molecule has 1 rings (SSSR count). The molecule has 4 N–H and O–H groups in total. The van der Waals surface area contributed by atoms with Crippen LogP contribution in [0.5, 0.6) is 0 Å². The number of amides is 2. The number of carbonyl (C=O) groups excluding carboxylic acids is 1. The van der Waals surface area contributed by atoms with E-state index in [1.165, 1.54) is 4.88 Å². The molecule has 1 unspecified atom stereocenters. The molecule has 0 aliphatic carbocycles. The van der Waals surface area contributed by atoms with Crippen molar-refractivity contribution in [2.75, 3.05) is 0 Å². The zero-order chi connectivity index (χ0) is 9.68. The summed E-state index contributed by atoms with van der Waals surface area (Å²) >= 11 is 1.68. The molecule has 0 spiro atoms. The normalized spacial score (nSPS) is 12.2. The maximum absolute atomic E-state index is 10.8. The number of hydrogen-bond donors (Lipinski definition) is 3. The van der Waals surface area contributed by atoms with Crippen LogP contribution < -0.4 is 16.6 Å². The molecule has 0 aliphatic rings. The predicted molar refractivity (Wildman–Crippen MR) is 53.3 cm³/mol. The van der Waals surface area contributed by atoms with Gasteiger partial charge in [-0.05, 0) is 18.4 Å². The Bertz CT molecular complexity index is 260. The molecule has 0 saturated heterocycles. The monoisotopic (exact) mass is 199 g/mol. The minimum absolute atomic E-state index is 0.0993. The fourth-order valence-electron chi connectivity index (χ4n) is 1.05. The van der Waals surface area contributed by atoms with Crippen LogP contribution >= 0.6 is 11.3 Å². The number of thiophene rings is 1. The first-order valence-corrected chi connectivity index (χ1v) is 4.90. The van der Waals surface area contributed by atoms with E-state index in [1.807, 2.05) is 29.9 Å². The number of urea groups is 1. The highest BCUT2D eigenvalue weighted by Crippen LogP contribution is 2.10. The van der Waals surface area contributed by atoms with Crippen molar-refractivity contribution in [3.8, 4) is 0 Å². The lowest BCUT2D eigenvalue weighted by molar-refractivity contribution is 0.238. The van der Waals surface area contributed by atoms with Crippen molar-refractivity contribution < 1.29 is 4.79 Å². The molecule has 0 bridgehead atoms. The zero-order valence-corrected chi connectivity index (χ0v) is 8.23. The third-order valence-corrected chi connectivity index (χ3v) is 2.49. The molecule has 1 aromatic heterocycles. The molecule has 4 nitrogen and oxygen atoms in total. The number of rotatable bonds is 3. The van der Waals surface area contributed by atoms with Gasteiger partial charge in [-0.25, -0.2) is 10.6 Å². The van der Waals surface area contributed by atoms with Gasteiger partial charge in [0.1, 0.15) is 0 Å². The van der Waals surface area contributed by atoms with Gasteiger partial charge >= 0.3 is 6.03 Å². The second-order valence-electron chi connectivity index (χ2n) is 2.80. The molecule has 0 saturated carbocycles. The lowest BCUT2D eigenvalue weighted by Gasteiger charge is -2.11. The lowest BCUT2D eigenvalue weighted by Crippen LogP contribution is -2.44. The van der Waals surface area contributed by atoms with Gasteiger partial charge in [-0.1, -0.05) is 6.07 Å². The Labute approximate surface area is 81.1 Å². The van der Waals surface area contributed by atoms with Gasteiger partial charge in [-0.3, -0.25) is 5.43 Å². The summed E-state index contributed by atoms with van der Waals surface area (Å²) in [7, 11) is 0. The summed E-state index contributed by atoms with van der Waals surface area (Å²) < 4.78 is 0. The van der Waals surface area contributed by atoms with Crippen LogP contribution in [-0.4, -0.2) is 12.1 Å². The molecule has 1 heterocycles. The molecule has 72 valence electrons. The summed E-state index contributed by atoms with van der Waals surface area (Å²) in [5.74, 6) is 4.93. The molecular formula is C8H13N3OS. The fourth-order valence-corrected chi connectivity index (χ4v) is 1.88. The number of hydrogen-bond acceptors (Lipinski definition) is 3. The number of nitrogens with one attached hydrogen (secondary N) is 2. The van der Waals surface area contributed by atoms with E-state index in [0.29, 0.717) is 0 Å². The minimum atomic E-state index is -0.343. The minimum Gasteiger partial charge on any atom is -0.334 e. The van der Waals surface area contributed by atoms with Gasteiger partial charge in [0.05, 0.1) is 0 Å². The Morgan fingerprint density at radius 1 is 1.77 bits per heavy atom. The summed E-state index contributed by atoms with van der Waals surface area (Å²) in [5, 5.41) is 4.72. The molecule has 1 aromatic rings. The van der Waals surface area contributed by atoms with Gasteiger partial charge in [0.25, 0.3) is 0 Å². The van der Waals surface area contributed by atoms with E-state index >= 15 is 0 Å². The summed E-state index contributed by atoms with van der Waals surface area (Å²) in [4.78, 5) is 12.1. The van der Waals surface area contributed by atoms with Crippen LogP contribution in [0, 0.1) is 0 Å². The smallest absolute Gasteiger partial charge is 0.329 e. The highest BCUT2D eigenvalue weighted by molar-refractivity contribution is 7.09. The van der Waals surface area contributed by atoms with E-state index in [9.17, 15) is 4.79 Å². The summed E-state index contributed by atoms with van der Waals surface area (Å²) in [5.41, 5.74) is 2.03. The maximum Gasteiger partial charge on any atom is 0.329 e. The summed E-state index contributed by atoms with van der Waals surface area (Å²) in [6.45, 7) is 1.94. The van der Waals surface area contributed by atoms with Crippen LogP contribution in [0.15, 0.2) is 17.5 Å². The van der Waals surface area contributed by atoms with Gasteiger partial charge < -0.3 is 5.32 Å². The van der Waals surface area contributed by atoms with E-state index in [-0.39, 0.29) is 12.1 Å². The summed E-state index contributed by atoms with van der Waals surface area (Å²) in [6, 6.07) is 3.80. The van der Waals surface area contributed by atoms with Crippen molar-refractivity contribution in [3.05, 3.63) is 22.4 Å². The van der Waals surface area contributed by atoms with Crippen LogP contribution in [-0.2, 0) is 6.42 Å². The van der Waals surface area contributed by atoms with Crippen LogP contribution in [0.1, 0.15) is 11.8 Å². The molecule has 13 heavy (non-hydrogen) atoms. The van der Waals surface area contributed by atoms with E-state index in [0.717, 1.165) is 6.42 Å². The molecule has 0 aliphatic heterocycles. The second kappa shape index (κ2) is 4.84.